The first kappa shape index (κ1) is 21.4. The molecule has 26 heavy (non-hydrogen) atoms. The van der Waals surface area contributed by atoms with Crippen molar-refractivity contribution in [3.63, 3.8) is 0 Å². The minimum atomic E-state index is -3.89. The SMILES string of the molecule is CCOP(=O)(C[C@H]1O[C@@H](n2cc(Br)c(=O)[nH]c2=O)C(F)(F)[C@@H]1O)OCC. The third kappa shape index (κ3) is 4.15. The fraction of sp³-hybridized carbons (Fsp3) is 0.692. The Morgan fingerprint density at radius 1 is 1.38 bits per heavy atom. The molecule has 2 rings (SSSR count). The summed E-state index contributed by atoms with van der Waals surface area (Å²) in [6.45, 7) is 3.11. The van der Waals surface area contributed by atoms with Crippen LogP contribution in [0, 0.1) is 0 Å². The molecule has 1 aliphatic heterocycles. The number of nitrogens with zero attached hydrogens (tertiary/aromatic N) is 1. The molecule has 1 aliphatic rings. The van der Waals surface area contributed by atoms with E-state index in [2.05, 4.69) is 15.9 Å². The van der Waals surface area contributed by atoms with Gasteiger partial charge in [-0.05, 0) is 29.8 Å². The number of aliphatic hydroxyl groups excluding tert-OH is 1. The summed E-state index contributed by atoms with van der Waals surface area (Å²) >= 11 is 2.83. The van der Waals surface area contributed by atoms with E-state index < -0.39 is 49.4 Å². The molecule has 1 aromatic heterocycles. The van der Waals surface area contributed by atoms with Crippen molar-refractivity contribution in [2.24, 2.45) is 0 Å². The van der Waals surface area contributed by atoms with Gasteiger partial charge in [0, 0.05) is 6.20 Å². The first-order valence-corrected chi connectivity index (χ1v) is 10.2. The molecule has 9 nitrogen and oxygen atoms in total. The highest BCUT2D eigenvalue weighted by Gasteiger charge is 2.61. The normalized spacial score (nSPS) is 25.5. The van der Waals surface area contributed by atoms with Gasteiger partial charge in [0.25, 0.3) is 5.56 Å². The van der Waals surface area contributed by atoms with Crippen molar-refractivity contribution in [2.75, 3.05) is 19.4 Å². The quantitative estimate of drug-likeness (QED) is 0.588. The lowest BCUT2D eigenvalue weighted by Gasteiger charge is -2.22. The largest absolute Gasteiger partial charge is 0.384 e. The van der Waals surface area contributed by atoms with Crippen LogP contribution in [0.2, 0.25) is 0 Å². The second-order valence-electron chi connectivity index (χ2n) is 5.42. The van der Waals surface area contributed by atoms with Crippen LogP contribution in [0.3, 0.4) is 0 Å². The molecule has 0 unspecified atom stereocenters. The van der Waals surface area contributed by atoms with Crippen molar-refractivity contribution < 1.29 is 32.2 Å². The smallest absolute Gasteiger partial charge is 0.333 e. The molecule has 0 bridgehead atoms. The Hall–Kier alpha value is -0.910. The number of nitrogens with one attached hydrogen (secondary N) is 1. The number of aromatic amines is 1. The highest BCUT2D eigenvalue weighted by molar-refractivity contribution is 9.10. The average molecular weight is 463 g/mol. The van der Waals surface area contributed by atoms with E-state index in [1.807, 2.05) is 4.98 Å². The van der Waals surface area contributed by atoms with Gasteiger partial charge >= 0.3 is 19.2 Å². The molecule has 148 valence electrons. The Labute approximate surface area is 154 Å². The first-order valence-electron chi connectivity index (χ1n) is 7.66. The number of rotatable bonds is 7. The van der Waals surface area contributed by atoms with Crippen molar-refractivity contribution >= 4 is 23.5 Å². The maximum atomic E-state index is 14.5. The molecule has 0 saturated carbocycles. The zero-order valence-electron chi connectivity index (χ0n) is 13.9. The Balaban J connectivity index is 2.36. The van der Waals surface area contributed by atoms with Crippen LogP contribution in [0.25, 0.3) is 0 Å². The van der Waals surface area contributed by atoms with Crippen LogP contribution in [-0.4, -0.2) is 52.2 Å². The van der Waals surface area contributed by atoms with Crippen molar-refractivity contribution in [3.05, 3.63) is 31.5 Å². The van der Waals surface area contributed by atoms with Gasteiger partial charge < -0.3 is 18.9 Å². The number of ether oxygens (including phenoxy) is 1. The lowest BCUT2D eigenvalue weighted by Crippen LogP contribution is -2.43. The van der Waals surface area contributed by atoms with E-state index >= 15 is 0 Å². The highest BCUT2D eigenvalue weighted by Crippen LogP contribution is 2.53. The summed E-state index contributed by atoms with van der Waals surface area (Å²) in [5, 5.41) is 9.96. The van der Waals surface area contributed by atoms with Gasteiger partial charge in [0.05, 0.1) is 23.8 Å². The van der Waals surface area contributed by atoms with E-state index in [-0.39, 0.29) is 17.7 Å². The number of hydrogen-bond donors (Lipinski definition) is 2. The molecular weight excluding hydrogens is 445 g/mol. The molecule has 2 N–H and O–H groups in total. The zero-order chi connectivity index (χ0) is 19.7. The first-order chi connectivity index (χ1) is 12.1. The van der Waals surface area contributed by atoms with Crippen molar-refractivity contribution in [1.29, 1.82) is 0 Å². The van der Waals surface area contributed by atoms with Gasteiger partial charge in [-0.1, -0.05) is 0 Å². The van der Waals surface area contributed by atoms with Crippen molar-refractivity contribution in [3.8, 4) is 0 Å². The molecule has 0 aliphatic carbocycles. The standard InChI is InChI=1S/C13H18BrF2N2O7P/c1-3-23-26(22,24-4-2)6-8-9(19)13(15,16)11(25-8)18-5-7(14)10(20)17-12(18)21/h5,8-9,11,19H,3-4,6H2,1-2H3,(H,17,20,21)/t8-,9-,11-/m1/s1. The number of halogens is 3. The highest BCUT2D eigenvalue weighted by atomic mass is 79.9. The van der Waals surface area contributed by atoms with Gasteiger partial charge in [0.2, 0.25) is 6.23 Å². The summed E-state index contributed by atoms with van der Waals surface area (Å²) in [6, 6.07) is 0. The summed E-state index contributed by atoms with van der Waals surface area (Å²) in [6.07, 6.45) is -5.98. The predicted molar refractivity (Wildman–Crippen MR) is 89.6 cm³/mol. The zero-order valence-corrected chi connectivity index (χ0v) is 16.3. The number of H-pyrrole nitrogens is 1. The van der Waals surface area contributed by atoms with Crippen LogP contribution in [0.1, 0.15) is 20.1 Å². The van der Waals surface area contributed by atoms with E-state index in [4.69, 9.17) is 13.8 Å². The second-order valence-corrected chi connectivity index (χ2v) is 8.38. The maximum absolute atomic E-state index is 14.5. The third-order valence-corrected chi connectivity index (χ3v) is 6.29. The lowest BCUT2D eigenvalue weighted by molar-refractivity contribution is -0.140. The fourth-order valence-corrected chi connectivity index (χ4v) is 4.63. The summed E-state index contributed by atoms with van der Waals surface area (Å²) in [7, 11) is -3.78. The van der Waals surface area contributed by atoms with E-state index in [0.717, 1.165) is 6.20 Å². The van der Waals surface area contributed by atoms with Crippen LogP contribution < -0.4 is 11.2 Å². The summed E-state index contributed by atoms with van der Waals surface area (Å²) in [5.74, 6) is -3.89. The van der Waals surface area contributed by atoms with E-state index in [1.54, 1.807) is 13.8 Å². The molecule has 1 fully saturated rings. The van der Waals surface area contributed by atoms with E-state index in [9.17, 15) is 28.0 Å². The lowest BCUT2D eigenvalue weighted by atomic mass is 10.1. The fourth-order valence-electron chi connectivity index (χ4n) is 2.51. The topological polar surface area (TPSA) is 120 Å². The monoisotopic (exact) mass is 462 g/mol. The molecular formula is C13H18BrF2N2O7P. The number of alkyl halides is 2. The summed E-state index contributed by atoms with van der Waals surface area (Å²) in [4.78, 5) is 25.1. The molecule has 0 spiro atoms. The number of aromatic nitrogens is 2. The van der Waals surface area contributed by atoms with E-state index in [1.165, 1.54) is 0 Å². The Morgan fingerprint density at radius 2 is 1.96 bits per heavy atom. The van der Waals surface area contributed by atoms with Crippen LogP contribution in [0.15, 0.2) is 20.3 Å². The molecule has 1 saturated heterocycles. The van der Waals surface area contributed by atoms with Crippen molar-refractivity contribution in [2.45, 2.75) is 38.2 Å². The molecule has 1 aromatic rings. The number of hydrogen-bond acceptors (Lipinski definition) is 7. The third-order valence-electron chi connectivity index (χ3n) is 3.61. The van der Waals surface area contributed by atoms with Gasteiger partial charge in [-0.25, -0.2) is 4.79 Å². The van der Waals surface area contributed by atoms with E-state index in [0.29, 0.717) is 4.57 Å². The van der Waals surface area contributed by atoms with Crippen molar-refractivity contribution in [1.82, 2.24) is 9.55 Å². The molecule has 0 aromatic carbocycles. The average Bonchev–Trinajstić information content (AvgIpc) is 2.75. The minimum Gasteiger partial charge on any atom is -0.384 e. The van der Waals surface area contributed by atoms with Crippen LogP contribution in [0.4, 0.5) is 8.78 Å². The molecule has 0 radical (unpaired) electrons. The van der Waals surface area contributed by atoms with Crippen LogP contribution >= 0.6 is 23.5 Å². The maximum Gasteiger partial charge on any atom is 0.333 e. The predicted octanol–water partition coefficient (Wildman–Crippen LogP) is 1.46. The van der Waals surface area contributed by atoms with Gasteiger partial charge in [0.15, 0.2) is 0 Å². The van der Waals surface area contributed by atoms with Crippen LogP contribution in [-0.2, 0) is 18.3 Å². The van der Waals surface area contributed by atoms with Gasteiger partial charge in [0.1, 0.15) is 12.2 Å². The van der Waals surface area contributed by atoms with Gasteiger partial charge in [-0.2, -0.15) is 8.78 Å². The Morgan fingerprint density at radius 3 is 2.50 bits per heavy atom. The Kier molecular flexibility index (Phi) is 6.57. The molecule has 2 heterocycles. The van der Waals surface area contributed by atoms with Gasteiger partial charge in [-0.3, -0.25) is 18.9 Å². The van der Waals surface area contributed by atoms with Gasteiger partial charge in [-0.15, -0.1) is 0 Å². The minimum absolute atomic E-state index is 0.00619. The second kappa shape index (κ2) is 7.99. The number of aliphatic hydroxyl groups is 1. The Bertz CT molecular complexity index is 804. The molecule has 0 amide bonds. The molecule has 3 atom stereocenters. The summed E-state index contributed by atoms with van der Waals surface area (Å²) in [5.41, 5.74) is -1.95. The molecule has 13 heteroatoms. The summed E-state index contributed by atoms with van der Waals surface area (Å²) < 4.78 is 56.9. The van der Waals surface area contributed by atoms with Crippen LogP contribution in [0.5, 0.6) is 0 Å².